The van der Waals surface area contributed by atoms with Gasteiger partial charge in [0, 0.05) is 20.2 Å². The summed E-state index contributed by atoms with van der Waals surface area (Å²) >= 11 is 6.00. The molecule has 7 nitrogen and oxygen atoms in total. The van der Waals surface area contributed by atoms with Gasteiger partial charge in [-0.1, -0.05) is 11.6 Å². The lowest BCUT2D eigenvalue weighted by atomic mass is 10.1. The van der Waals surface area contributed by atoms with Crippen molar-refractivity contribution < 1.29 is 17.9 Å². The molecule has 0 spiro atoms. The number of urea groups is 1. The maximum atomic E-state index is 12.2. The van der Waals surface area contributed by atoms with Crippen LogP contribution >= 0.6 is 11.6 Å². The van der Waals surface area contributed by atoms with Gasteiger partial charge >= 0.3 is 6.03 Å². The molecule has 0 bridgehead atoms. The number of hydrogen-bond acceptors (Lipinski definition) is 4. The van der Waals surface area contributed by atoms with E-state index in [0.29, 0.717) is 12.6 Å². The van der Waals surface area contributed by atoms with Crippen molar-refractivity contribution in [3.05, 3.63) is 23.2 Å². The van der Waals surface area contributed by atoms with Gasteiger partial charge in [0.2, 0.25) is 10.0 Å². The second-order valence-corrected chi connectivity index (χ2v) is 7.78. The number of carbonyl (C=O) groups is 1. The van der Waals surface area contributed by atoms with Crippen LogP contribution in [0.25, 0.3) is 0 Å². The van der Waals surface area contributed by atoms with Crippen molar-refractivity contribution in [3.8, 4) is 0 Å². The molecule has 2 rings (SSSR count). The quantitative estimate of drug-likeness (QED) is 0.796. The molecule has 1 aliphatic rings. The first-order chi connectivity index (χ1) is 11.3. The van der Waals surface area contributed by atoms with Crippen LogP contribution in [0.2, 0.25) is 5.02 Å². The zero-order chi connectivity index (χ0) is 17.7. The number of rotatable bonds is 6. The number of sulfonamides is 1. The highest BCUT2D eigenvalue weighted by atomic mass is 35.5. The Morgan fingerprint density at radius 3 is 2.88 bits per heavy atom. The Hall–Kier alpha value is -1.35. The standard InChI is InChI=1S/C15H22ClN3O4S/c1-19(8-2-4-11-5-3-9-23-11)15(20)18-14-10-12(24(17,21)22)6-7-13(14)16/h6-7,10-11H,2-5,8-9H2,1H3,(H,18,20)(H2,17,21,22). The van der Waals surface area contributed by atoms with Crippen LogP contribution < -0.4 is 10.5 Å². The van der Waals surface area contributed by atoms with Crippen LogP contribution in [0.3, 0.4) is 0 Å². The van der Waals surface area contributed by atoms with Crippen LogP contribution in [0, 0.1) is 0 Å². The fourth-order valence-corrected chi connectivity index (χ4v) is 3.22. The van der Waals surface area contributed by atoms with Crippen LogP contribution in [0.15, 0.2) is 23.1 Å². The van der Waals surface area contributed by atoms with Crippen LogP contribution in [0.1, 0.15) is 25.7 Å². The van der Waals surface area contributed by atoms with Gasteiger partial charge in [-0.05, 0) is 43.9 Å². The molecule has 0 radical (unpaired) electrons. The van der Waals surface area contributed by atoms with Gasteiger partial charge in [-0.25, -0.2) is 18.4 Å². The molecule has 9 heteroatoms. The SMILES string of the molecule is CN(CCCC1CCCO1)C(=O)Nc1cc(S(N)(=O)=O)ccc1Cl. The molecule has 0 aromatic heterocycles. The summed E-state index contributed by atoms with van der Waals surface area (Å²) < 4.78 is 28.3. The lowest BCUT2D eigenvalue weighted by Crippen LogP contribution is -2.32. The molecule has 1 atom stereocenters. The number of nitrogens with two attached hydrogens (primary N) is 1. The smallest absolute Gasteiger partial charge is 0.321 e. The molecule has 1 aromatic rings. The summed E-state index contributed by atoms with van der Waals surface area (Å²) in [5.41, 5.74) is 0.208. The first-order valence-corrected chi connectivity index (χ1v) is 9.66. The van der Waals surface area contributed by atoms with Crippen molar-refractivity contribution in [1.82, 2.24) is 4.90 Å². The highest BCUT2D eigenvalue weighted by Crippen LogP contribution is 2.25. The average molecular weight is 376 g/mol. The molecule has 1 unspecified atom stereocenters. The summed E-state index contributed by atoms with van der Waals surface area (Å²) in [5.74, 6) is 0. The highest BCUT2D eigenvalue weighted by Gasteiger charge is 2.17. The molecule has 2 amide bonds. The summed E-state index contributed by atoms with van der Waals surface area (Å²) in [6.45, 7) is 1.39. The Bertz CT molecular complexity index is 690. The molecular formula is C15H22ClN3O4S. The minimum atomic E-state index is -3.86. The van der Waals surface area contributed by atoms with Gasteiger partial charge in [-0.2, -0.15) is 0 Å². The molecule has 1 aliphatic heterocycles. The molecule has 24 heavy (non-hydrogen) atoms. The first-order valence-electron chi connectivity index (χ1n) is 7.73. The molecule has 1 saturated heterocycles. The number of halogens is 1. The van der Waals surface area contributed by atoms with E-state index >= 15 is 0 Å². The number of amides is 2. The Kier molecular flexibility index (Phi) is 6.45. The predicted octanol–water partition coefficient (Wildman–Crippen LogP) is 2.41. The van der Waals surface area contributed by atoms with Crippen molar-refractivity contribution >= 4 is 33.3 Å². The number of nitrogens with zero attached hydrogens (tertiary/aromatic N) is 1. The van der Waals surface area contributed by atoms with Gasteiger partial charge < -0.3 is 15.0 Å². The van der Waals surface area contributed by atoms with Crippen LogP contribution in [-0.4, -0.2) is 45.7 Å². The number of anilines is 1. The average Bonchev–Trinajstić information content (AvgIpc) is 3.01. The monoisotopic (exact) mass is 375 g/mol. The van der Waals surface area contributed by atoms with Crippen LogP contribution in [0.5, 0.6) is 0 Å². The van der Waals surface area contributed by atoms with Crippen LogP contribution in [0.4, 0.5) is 10.5 Å². The van der Waals surface area contributed by atoms with Crippen molar-refractivity contribution in [2.75, 3.05) is 25.5 Å². The minimum absolute atomic E-state index is 0.108. The highest BCUT2D eigenvalue weighted by molar-refractivity contribution is 7.89. The predicted molar refractivity (Wildman–Crippen MR) is 92.7 cm³/mol. The van der Waals surface area contributed by atoms with Crippen LogP contribution in [-0.2, 0) is 14.8 Å². The van der Waals surface area contributed by atoms with E-state index in [1.807, 2.05) is 0 Å². The fourth-order valence-electron chi connectivity index (χ4n) is 2.52. The zero-order valence-corrected chi connectivity index (χ0v) is 15.1. The van der Waals surface area contributed by atoms with Gasteiger partial charge in [0.15, 0.2) is 0 Å². The normalized spacial score (nSPS) is 17.7. The van der Waals surface area contributed by atoms with E-state index in [-0.39, 0.29) is 21.6 Å². The van der Waals surface area contributed by atoms with E-state index in [9.17, 15) is 13.2 Å². The zero-order valence-electron chi connectivity index (χ0n) is 13.5. The summed E-state index contributed by atoms with van der Waals surface area (Å²) in [6, 6.07) is 3.55. The largest absolute Gasteiger partial charge is 0.378 e. The maximum Gasteiger partial charge on any atom is 0.321 e. The Morgan fingerprint density at radius 2 is 2.25 bits per heavy atom. The molecule has 0 saturated carbocycles. The number of nitrogens with one attached hydrogen (secondary N) is 1. The number of ether oxygens (including phenoxy) is 1. The maximum absolute atomic E-state index is 12.2. The van der Waals surface area contributed by atoms with Crippen molar-refractivity contribution in [2.45, 2.75) is 36.7 Å². The van der Waals surface area contributed by atoms with E-state index in [4.69, 9.17) is 21.5 Å². The third-order valence-corrected chi connectivity index (χ3v) is 5.14. The third kappa shape index (κ3) is 5.34. The summed E-state index contributed by atoms with van der Waals surface area (Å²) in [4.78, 5) is 13.6. The summed E-state index contributed by atoms with van der Waals surface area (Å²) in [5, 5.41) is 7.93. The Morgan fingerprint density at radius 1 is 1.50 bits per heavy atom. The van der Waals surface area contributed by atoms with E-state index in [0.717, 1.165) is 32.3 Å². The summed E-state index contributed by atoms with van der Waals surface area (Å²) in [7, 11) is -2.19. The molecule has 1 heterocycles. The molecular weight excluding hydrogens is 354 g/mol. The van der Waals surface area contributed by atoms with Crippen molar-refractivity contribution in [3.63, 3.8) is 0 Å². The fraction of sp³-hybridized carbons (Fsp3) is 0.533. The van der Waals surface area contributed by atoms with Gasteiger partial charge in [-0.15, -0.1) is 0 Å². The third-order valence-electron chi connectivity index (χ3n) is 3.90. The molecule has 3 N–H and O–H groups in total. The lowest BCUT2D eigenvalue weighted by molar-refractivity contribution is 0.101. The van der Waals surface area contributed by atoms with Gasteiger partial charge in [0.05, 0.1) is 21.7 Å². The Balaban J connectivity index is 1.90. The second-order valence-electron chi connectivity index (χ2n) is 5.82. The van der Waals surface area contributed by atoms with E-state index < -0.39 is 10.0 Å². The summed E-state index contributed by atoms with van der Waals surface area (Å²) in [6.07, 6.45) is 4.22. The topological polar surface area (TPSA) is 102 Å². The van der Waals surface area contributed by atoms with E-state index in [2.05, 4.69) is 5.32 Å². The minimum Gasteiger partial charge on any atom is -0.378 e. The van der Waals surface area contributed by atoms with Crippen molar-refractivity contribution in [1.29, 1.82) is 0 Å². The molecule has 0 aliphatic carbocycles. The number of hydrogen-bond donors (Lipinski definition) is 2. The second kappa shape index (κ2) is 8.15. The van der Waals surface area contributed by atoms with Gasteiger partial charge in [0.1, 0.15) is 0 Å². The van der Waals surface area contributed by atoms with Crippen molar-refractivity contribution in [2.24, 2.45) is 5.14 Å². The van der Waals surface area contributed by atoms with Gasteiger partial charge in [0.25, 0.3) is 0 Å². The number of carbonyl (C=O) groups excluding carboxylic acids is 1. The Labute approximate surface area is 147 Å². The molecule has 134 valence electrons. The van der Waals surface area contributed by atoms with E-state index in [1.54, 1.807) is 7.05 Å². The van der Waals surface area contributed by atoms with Gasteiger partial charge in [-0.3, -0.25) is 0 Å². The first kappa shape index (κ1) is 19.0. The lowest BCUT2D eigenvalue weighted by Gasteiger charge is -2.19. The number of benzene rings is 1. The number of primary sulfonamides is 1. The molecule has 1 fully saturated rings. The molecule has 1 aromatic carbocycles. The van der Waals surface area contributed by atoms with E-state index in [1.165, 1.54) is 23.1 Å².